The van der Waals surface area contributed by atoms with Crippen LogP contribution in [0, 0.1) is 0 Å². The third kappa shape index (κ3) is 2.57. The van der Waals surface area contributed by atoms with Gasteiger partial charge in [-0.2, -0.15) is 0 Å². The van der Waals surface area contributed by atoms with Gasteiger partial charge in [0.2, 0.25) is 0 Å². The number of hydrogen-bond acceptors (Lipinski definition) is 3. The zero-order chi connectivity index (χ0) is 13.2. The summed E-state index contributed by atoms with van der Waals surface area (Å²) >= 11 is 0. The van der Waals surface area contributed by atoms with Gasteiger partial charge in [-0.3, -0.25) is 4.57 Å². The van der Waals surface area contributed by atoms with E-state index >= 15 is 0 Å². The first kappa shape index (κ1) is 12.4. The number of nitrogens with zero attached hydrogens (tertiary/aromatic N) is 2. The van der Waals surface area contributed by atoms with Gasteiger partial charge in [-0.15, -0.1) is 0 Å². The third-order valence-corrected chi connectivity index (χ3v) is 3.79. The summed E-state index contributed by atoms with van der Waals surface area (Å²) in [4.78, 5) is 17.0. The SMILES string of the molecule is O=c1[nH]c2ccccc2n1CCCN1CC[C@@H](O)C1. The lowest BCUT2D eigenvalue weighted by Crippen LogP contribution is -2.25. The van der Waals surface area contributed by atoms with Crippen LogP contribution in [-0.2, 0) is 6.54 Å². The average molecular weight is 261 g/mol. The average Bonchev–Trinajstić information content (AvgIpc) is 2.94. The largest absolute Gasteiger partial charge is 0.392 e. The highest BCUT2D eigenvalue weighted by Crippen LogP contribution is 2.11. The number of hydrogen-bond donors (Lipinski definition) is 2. The fourth-order valence-corrected chi connectivity index (χ4v) is 2.80. The molecule has 1 aromatic carbocycles. The number of rotatable bonds is 4. The minimum Gasteiger partial charge on any atom is -0.392 e. The van der Waals surface area contributed by atoms with Crippen molar-refractivity contribution in [1.29, 1.82) is 0 Å². The Hall–Kier alpha value is -1.59. The van der Waals surface area contributed by atoms with Crippen LogP contribution in [0.2, 0.25) is 0 Å². The van der Waals surface area contributed by atoms with E-state index in [4.69, 9.17) is 0 Å². The van der Waals surface area contributed by atoms with Crippen molar-refractivity contribution in [2.24, 2.45) is 0 Å². The van der Waals surface area contributed by atoms with E-state index in [1.54, 1.807) is 4.57 Å². The van der Waals surface area contributed by atoms with E-state index < -0.39 is 0 Å². The van der Waals surface area contributed by atoms with Gasteiger partial charge in [-0.05, 0) is 31.5 Å². The number of benzene rings is 1. The number of aliphatic hydroxyl groups is 1. The molecule has 0 bridgehead atoms. The molecule has 1 aliphatic rings. The molecular formula is C14H19N3O2. The highest BCUT2D eigenvalue weighted by atomic mass is 16.3. The first-order chi connectivity index (χ1) is 9.24. The first-order valence-corrected chi connectivity index (χ1v) is 6.82. The van der Waals surface area contributed by atoms with Gasteiger partial charge >= 0.3 is 5.69 Å². The van der Waals surface area contributed by atoms with Gasteiger partial charge in [0.05, 0.1) is 17.1 Å². The molecule has 5 heteroatoms. The van der Waals surface area contributed by atoms with Crippen molar-refractivity contribution in [2.45, 2.75) is 25.5 Å². The van der Waals surface area contributed by atoms with Gasteiger partial charge in [-0.25, -0.2) is 4.79 Å². The summed E-state index contributed by atoms with van der Waals surface area (Å²) in [7, 11) is 0. The normalized spacial score (nSPS) is 20.4. The van der Waals surface area contributed by atoms with Gasteiger partial charge in [0, 0.05) is 19.6 Å². The molecule has 2 heterocycles. The predicted molar refractivity (Wildman–Crippen MR) is 74.2 cm³/mol. The molecule has 1 saturated heterocycles. The Morgan fingerprint density at radius 1 is 1.32 bits per heavy atom. The second-order valence-electron chi connectivity index (χ2n) is 5.20. The topological polar surface area (TPSA) is 61.3 Å². The number of aromatic nitrogens is 2. The molecule has 1 aliphatic heterocycles. The van der Waals surface area contributed by atoms with Crippen LogP contribution >= 0.6 is 0 Å². The zero-order valence-electron chi connectivity index (χ0n) is 10.9. The third-order valence-electron chi connectivity index (χ3n) is 3.79. The van der Waals surface area contributed by atoms with Gasteiger partial charge in [0.15, 0.2) is 0 Å². The molecule has 1 aromatic heterocycles. The molecular weight excluding hydrogens is 242 g/mol. The Bertz CT molecular complexity index is 616. The van der Waals surface area contributed by atoms with Crippen LogP contribution in [0.3, 0.4) is 0 Å². The van der Waals surface area contributed by atoms with Crippen LogP contribution in [-0.4, -0.2) is 45.3 Å². The lowest BCUT2D eigenvalue weighted by Gasteiger charge is -2.14. The summed E-state index contributed by atoms with van der Waals surface area (Å²) in [6.07, 6.45) is 1.62. The van der Waals surface area contributed by atoms with Crippen LogP contribution in [0.5, 0.6) is 0 Å². The number of para-hydroxylation sites is 2. The molecule has 1 fully saturated rings. The fourth-order valence-electron chi connectivity index (χ4n) is 2.80. The predicted octanol–water partition coefficient (Wildman–Crippen LogP) is 0.786. The van der Waals surface area contributed by atoms with Crippen LogP contribution < -0.4 is 5.69 Å². The number of imidazole rings is 1. The molecule has 5 nitrogen and oxygen atoms in total. The molecule has 2 N–H and O–H groups in total. The number of nitrogens with one attached hydrogen (secondary N) is 1. The maximum Gasteiger partial charge on any atom is 0.326 e. The molecule has 102 valence electrons. The number of fused-ring (bicyclic) bond motifs is 1. The summed E-state index contributed by atoms with van der Waals surface area (Å²) in [6, 6.07) is 7.76. The van der Waals surface area contributed by atoms with E-state index in [-0.39, 0.29) is 11.8 Å². The van der Waals surface area contributed by atoms with Crippen molar-refractivity contribution in [3.63, 3.8) is 0 Å². The van der Waals surface area contributed by atoms with Crippen LogP contribution in [0.4, 0.5) is 0 Å². The zero-order valence-corrected chi connectivity index (χ0v) is 10.9. The van der Waals surface area contributed by atoms with E-state index in [1.807, 2.05) is 24.3 Å². The second-order valence-corrected chi connectivity index (χ2v) is 5.20. The fraction of sp³-hybridized carbons (Fsp3) is 0.500. The number of likely N-dealkylation sites (tertiary alicyclic amines) is 1. The number of aliphatic hydroxyl groups excluding tert-OH is 1. The number of aromatic amines is 1. The molecule has 3 rings (SSSR count). The van der Waals surface area contributed by atoms with Crippen molar-refractivity contribution in [2.75, 3.05) is 19.6 Å². The standard InChI is InChI=1S/C14H19N3O2/c18-11-6-9-16(10-11)7-3-8-17-13-5-2-1-4-12(13)15-14(17)19/h1-2,4-5,11,18H,3,6-10H2,(H,15,19)/t11-/m1/s1. The maximum atomic E-state index is 11.9. The molecule has 0 aliphatic carbocycles. The van der Waals surface area contributed by atoms with Crippen molar-refractivity contribution < 1.29 is 5.11 Å². The van der Waals surface area contributed by atoms with Crippen molar-refractivity contribution in [1.82, 2.24) is 14.5 Å². The lowest BCUT2D eigenvalue weighted by atomic mass is 10.3. The molecule has 0 radical (unpaired) electrons. The van der Waals surface area contributed by atoms with Gasteiger partial charge < -0.3 is 15.0 Å². The molecule has 0 unspecified atom stereocenters. The summed E-state index contributed by atoms with van der Waals surface area (Å²) in [5, 5.41) is 9.47. The Balaban J connectivity index is 1.65. The monoisotopic (exact) mass is 261 g/mol. The minimum absolute atomic E-state index is 0.0392. The van der Waals surface area contributed by atoms with E-state index in [9.17, 15) is 9.90 Å². The molecule has 0 saturated carbocycles. The summed E-state index contributed by atoms with van der Waals surface area (Å²) in [5.74, 6) is 0. The van der Waals surface area contributed by atoms with Crippen LogP contribution in [0.25, 0.3) is 11.0 Å². The quantitative estimate of drug-likeness (QED) is 0.855. The Morgan fingerprint density at radius 2 is 2.16 bits per heavy atom. The minimum atomic E-state index is -0.171. The Morgan fingerprint density at radius 3 is 2.95 bits per heavy atom. The van der Waals surface area contributed by atoms with E-state index in [2.05, 4.69) is 9.88 Å². The molecule has 0 amide bonds. The van der Waals surface area contributed by atoms with Gasteiger partial charge in [0.25, 0.3) is 0 Å². The van der Waals surface area contributed by atoms with Crippen LogP contribution in [0.15, 0.2) is 29.1 Å². The smallest absolute Gasteiger partial charge is 0.326 e. The summed E-state index contributed by atoms with van der Waals surface area (Å²) in [5.41, 5.74) is 1.82. The maximum absolute atomic E-state index is 11.9. The Kier molecular flexibility index (Phi) is 3.40. The summed E-state index contributed by atoms with van der Waals surface area (Å²) < 4.78 is 1.79. The number of aryl methyl sites for hydroxylation is 1. The molecule has 19 heavy (non-hydrogen) atoms. The van der Waals surface area contributed by atoms with Crippen molar-refractivity contribution in [3.05, 3.63) is 34.7 Å². The number of H-pyrrole nitrogens is 1. The van der Waals surface area contributed by atoms with E-state index in [1.165, 1.54) is 0 Å². The van der Waals surface area contributed by atoms with Crippen LogP contribution in [0.1, 0.15) is 12.8 Å². The van der Waals surface area contributed by atoms with E-state index in [0.29, 0.717) is 0 Å². The van der Waals surface area contributed by atoms with E-state index in [0.717, 1.165) is 50.1 Å². The van der Waals surface area contributed by atoms with Gasteiger partial charge in [-0.1, -0.05) is 12.1 Å². The first-order valence-electron chi connectivity index (χ1n) is 6.82. The lowest BCUT2D eigenvalue weighted by molar-refractivity contribution is 0.175. The molecule has 2 aromatic rings. The van der Waals surface area contributed by atoms with Gasteiger partial charge in [0.1, 0.15) is 0 Å². The highest BCUT2D eigenvalue weighted by Gasteiger charge is 2.19. The Labute approximate surface area is 111 Å². The van der Waals surface area contributed by atoms with Crippen molar-refractivity contribution in [3.8, 4) is 0 Å². The highest BCUT2D eigenvalue weighted by molar-refractivity contribution is 5.74. The molecule has 1 atom stereocenters. The second kappa shape index (κ2) is 5.19. The number of β-amino-alcohol motifs (C(OH)–C–C–N with tert-alkyl or cyclic N) is 1. The summed E-state index contributed by atoms with van der Waals surface area (Å²) in [6.45, 7) is 3.38. The molecule has 0 spiro atoms. The van der Waals surface area contributed by atoms with Crippen molar-refractivity contribution >= 4 is 11.0 Å².